The molecule has 0 fully saturated rings. The highest BCUT2D eigenvalue weighted by molar-refractivity contribution is 5.51. The lowest BCUT2D eigenvalue weighted by Crippen LogP contribution is -1.90. The summed E-state index contributed by atoms with van der Waals surface area (Å²) >= 11 is 0. The Labute approximate surface area is 59.3 Å². The van der Waals surface area contributed by atoms with Gasteiger partial charge in [0, 0.05) is 12.4 Å². The number of pyridine rings is 1. The molecule has 0 aromatic carbocycles. The number of hydrogen-bond donors (Lipinski definition) is 1. The summed E-state index contributed by atoms with van der Waals surface area (Å²) in [5.41, 5.74) is 1.79. The molecule has 0 amide bonds. The molecule has 1 rings (SSSR count). The van der Waals surface area contributed by atoms with Gasteiger partial charge in [0.1, 0.15) is 0 Å². The molecular weight excluding hydrogens is 126 g/mol. The van der Waals surface area contributed by atoms with Gasteiger partial charge in [0.25, 0.3) is 0 Å². The fourth-order valence-electron chi connectivity index (χ4n) is 0.674. The first-order valence-corrected chi connectivity index (χ1v) is 2.90. The van der Waals surface area contributed by atoms with Gasteiger partial charge in [0.15, 0.2) is 6.19 Å². The van der Waals surface area contributed by atoms with Crippen molar-refractivity contribution < 1.29 is 0 Å². The van der Waals surface area contributed by atoms with Gasteiger partial charge in [-0.05, 0) is 18.6 Å². The Balaban J connectivity index is 2.94. The van der Waals surface area contributed by atoms with Gasteiger partial charge in [0.05, 0.1) is 5.69 Å². The van der Waals surface area contributed by atoms with Crippen LogP contribution in [-0.4, -0.2) is 4.98 Å². The summed E-state index contributed by atoms with van der Waals surface area (Å²) in [6, 6.07) is 1.76. The second-order valence-corrected chi connectivity index (χ2v) is 1.93. The van der Waals surface area contributed by atoms with Crippen LogP contribution in [0.15, 0.2) is 18.5 Å². The highest BCUT2D eigenvalue weighted by Crippen LogP contribution is 2.09. The van der Waals surface area contributed by atoms with Crippen molar-refractivity contribution in [1.29, 1.82) is 5.26 Å². The van der Waals surface area contributed by atoms with Crippen molar-refractivity contribution in [3.63, 3.8) is 0 Å². The summed E-state index contributed by atoms with van der Waals surface area (Å²) in [5.74, 6) is 0. The third-order valence-corrected chi connectivity index (χ3v) is 1.21. The number of nitrogens with one attached hydrogen (secondary N) is 1. The number of nitrogens with zero attached hydrogens (tertiary/aromatic N) is 2. The standard InChI is InChI=1S/C7H7N3/c1-6-4-9-3-2-7(6)10-5-8/h2-4H,1H3,(H,9,10). The first-order valence-electron chi connectivity index (χ1n) is 2.90. The molecule has 0 bridgehead atoms. The Morgan fingerprint density at radius 3 is 3.10 bits per heavy atom. The van der Waals surface area contributed by atoms with Gasteiger partial charge < -0.3 is 0 Å². The highest BCUT2D eigenvalue weighted by Gasteiger charge is 1.92. The predicted octanol–water partition coefficient (Wildman–Crippen LogP) is 1.28. The van der Waals surface area contributed by atoms with E-state index in [2.05, 4.69) is 10.3 Å². The summed E-state index contributed by atoms with van der Waals surface area (Å²) in [4.78, 5) is 3.88. The molecule has 3 heteroatoms. The molecule has 0 saturated carbocycles. The SMILES string of the molecule is Cc1cnccc1NC#N. The Hall–Kier alpha value is -1.56. The van der Waals surface area contributed by atoms with E-state index in [1.807, 2.05) is 13.1 Å². The van der Waals surface area contributed by atoms with E-state index in [9.17, 15) is 0 Å². The van der Waals surface area contributed by atoms with Crippen LogP contribution < -0.4 is 5.32 Å². The van der Waals surface area contributed by atoms with E-state index in [-0.39, 0.29) is 0 Å². The number of anilines is 1. The van der Waals surface area contributed by atoms with Gasteiger partial charge in [-0.2, -0.15) is 5.26 Å². The maximum atomic E-state index is 8.26. The van der Waals surface area contributed by atoms with Gasteiger partial charge in [-0.25, -0.2) is 0 Å². The van der Waals surface area contributed by atoms with Crippen molar-refractivity contribution >= 4 is 5.69 Å². The second kappa shape index (κ2) is 2.83. The van der Waals surface area contributed by atoms with Crippen molar-refractivity contribution in [2.45, 2.75) is 6.92 Å². The molecule has 10 heavy (non-hydrogen) atoms. The molecule has 50 valence electrons. The topological polar surface area (TPSA) is 48.7 Å². The number of aromatic nitrogens is 1. The van der Waals surface area contributed by atoms with Gasteiger partial charge >= 0.3 is 0 Å². The Morgan fingerprint density at radius 1 is 1.70 bits per heavy atom. The van der Waals surface area contributed by atoms with Crippen molar-refractivity contribution in [2.75, 3.05) is 5.32 Å². The van der Waals surface area contributed by atoms with E-state index in [1.54, 1.807) is 18.5 Å². The summed E-state index contributed by atoms with van der Waals surface area (Å²) in [7, 11) is 0. The van der Waals surface area contributed by atoms with E-state index in [1.165, 1.54) is 0 Å². The molecule has 0 unspecified atom stereocenters. The lowest BCUT2D eigenvalue weighted by molar-refractivity contribution is 1.26. The molecule has 0 spiro atoms. The zero-order chi connectivity index (χ0) is 7.40. The summed E-state index contributed by atoms with van der Waals surface area (Å²) in [6.07, 6.45) is 5.20. The minimum absolute atomic E-state index is 0.817. The fraction of sp³-hybridized carbons (Fsp3) is 0.143. The molecule has 1 aromatic heterocycles. The first-order chi connectivity index (χ1) is 4.84. The molecule has 0 radical (unpaired) electrons. The van der Waals surface area contributed by atoms with Gasteiger partial charge in [0.2, 0.25) is 0 Å². The molecule has 1 N–H and O–H groups in total. The maximum Gasteiger partial charge on any atom is 0.181 e. The zero-order valence-corrected chi connectivity index (χ0v) is 5.63. The van der Waals surface area contributed by atoms with Crippen LogP contribution in [0.5, 0.6) is 0 Å². The molecule has 3 nitrogen and oxygen atoms in total. The van der Waals surface area contributed by atoms with Crippen molar-refractivity contribution in [2.24, 2.45) is 0 Å². The molecule has 1 heterocycles. The molecule has 1 aromatic rings. The molecule has 0 aliphatic heterocycles. The summed E-state index contributed by atoms with van der Waals surface area (Å²) < 4.78 is 0. The van der Waals surface area contributed by atoms with Gasteiger partial charge in [-0.3, -0.25) is 10.3 Å². The van der Waals surface area contributed by atoms with Crippen LogP contribution in [0.1, 0.15) is 5.56 Å². The van der Waals surface area contributed by atoms with E-state index >= 15 is 0 Å². The molecule has 0 aliphatic rings. The molecular formula is C7H7N3. The van der Waals surface area contributed by atoms with Crippen LogP contribution in [0.3, 0.4) is 0 Å². The number of hydrogen-bond acceptors (Lipinski definition) is 3. The first kappa shape index (κ1) is 6.56. The van der Waals surface area contributed by atoms with E-state index in [4.69, 9.17) is 5.26 Å². The van der Waals surface area contributed by atoms with Gasteiger partial charge in [-0.1, -0.05) is 0 Å². The third kappa shape index (κ3) is 1.23. The normalized spacial score (nSPS) is 8.40. The average molecular weight is 133 g/mol. The fourth-order valence-corrected chi connectivity index (χ4v) is 0.674. The minimum atomic E-state index is 0.817. The second-order valence-electron chi connectivity index (χ2n) is 1.93. The number of aryl methyl sites for hydroxylation is 1. The number of nitriles is 1. The maximum absolute atomic E-state index is 8.26. The Bertz CT molecular complexity index is 262. The minimum Gasteiger partial charge on any atom is -0.292 e. The van der Waals surface area contributed by atoms with Crippen LogP contribution in [0.4, 0.5) is 5.69 Å². The smallest absolute Gasteiger partial charge is 0.181 e. The summed E-state index contributed by atoms with van der Waals surface area (Å²) in [6.45, 7) is 1.90. The Morgan fingerprint density at radius 2 is 2.50 bits per heavy atom. The van der Waals surface area contributed by atoms with Crippen LogP contribution in [0.2, 0.25) is 0 Å². The molecule has 0 atom stereocenters. The zero-order valence-electron chi connectivity index (χ0n) is 5.63. The van der Waals surface area contributed by atoms with Gasteiger partial charge in [-0.15, -0.1) is 0 Å². The van der Waals surface area contributed by atoms with Crippen molar-refractivity contribution in [3.05, 3.63) is 24.0 Å². The van der Waals surface area contributed by atoms with Crippen LogP contribution in [0.25, 0.3) is 0 Å². The highest BCUT2D eigenvalue weighted by atomic mass is 14.9. The Kier molecular flexibility index (Phi) is 1.86. The lowest BCUT2D eigenvalue weighted by Gasteiger charge is -1.98. The van der Waals surface area contributed by atoms with Crippen LogP contribution in [-0.2, 0) is 0 Å². The van der Waals surface area contributed by atoms with E-state index < -0.39 is 0 Å². The number of rotatable bonds is 1. The predicted molar refractivity (Wildman–Crippen MR) is 38.2 cm³/mol. The average Bonchev–Trinajstić information content (AvgIpc) is 1.94. The van der Waals surface area contributed by atoms with E-state index in [0.717, 1.165) is 11.3 Å². The molecule has 0 aliphatic carbocycles. The van der Waals surface area contributed by atoms with E-state index in [0.29, 0.717) is 0 Å². The van der Waals surface area contributed by atoms with Crippen LogP contribution in [0, 0.1) is 18.4 Å². The van der Waals surface area contributed by atoms with Crippen molar-refractivity contribution in [3.8, 4) is 6.19 Å². The quantitative estimate of drug-likeness (QED) is 0.463. The van der Waals surface area contributed by atoms with Crippen molar-refractivity contribution in [1.82, 2.24) is 4.98 Å². The largest absolute Gasteiger partial charge is 0.292 e. The monoisotopic (exact) mass is 133 g/mol. The summed E-state index contributed by atoms with van der Waals surface area (Å²) in [5, 5.41) is 10.8. The third-order valence-electron chi connectivity index (χ3n) is 1.21. The lowest BCUT2D eigenvalue weighted by atomic mass is 10.3. The molecule has 0 saturated heterocycles. The van der Waals surface area contributed by atoms with Crippen LogP contribution >= 0.6 is 0 Å².